The Bertz CT molecular complexity index is 575. The summed E-state index contributed by atoms with van der Waals surface area (Å²) in [6.07, 6.45) is 3.02. The van der Waals surface area contributed by atoms with E-state index in [2.05, 4.69) is 9.98 Å². The van der Waals surface area contributed by atoms with Crippen LogP contribution in [0.4, 0.5) is 4.79 Å². The van der Waals surface area contributed by atoms with Crippen molar-refractivity contribution in [3.8, 4) is 0 Å². The molecule has 2 atom stereocenters. The predicted octanol–water partition coefficient (Wildman–Crippen LogP) is 1.04. The minimum atomic E-state index is -0.673. The molecule has 2 aliphatic rings. The zero-order chi connectivity index (χ0) is 16.4. The first-order valence-corrected chi connectivity index (χ1v) is 7.47. The number of aliphatic hydroxyl groups excluding tert-OH is 1. The molecule has 7 heteroatoms. The number of carbonyl (C=O) groups is 2. The number of fused-ring (bicyclic) bond motifs is 1. The number of aliphatic imine (C=N–C) groups is 2. The normalized spacial score (nSPS) is 25.1. The van der Waals surface area contributed by atoms with Crippen molar-refractivity contribution >= 4 is 23.5 Å². The highest BCUT2D eigenvalue weighted by molar-refractivity contribution is 6.33. The van der Waals surface area contributed by atoms with Crippen molar-refractivity contribution < 1.29 is 14.7 Å². The average molecular weight is 306 g/mol. The quantitative estimate of drug-likeness (QED) is 0.842. The summed E-state index contributed by atoms with van der Waals surface area (Å²) in [4.78, 5) is 36.0. The SMILES string of the molecule is CCC1=CN=C2C(C(=O)N(C)C(=O)N2C)C1=NC(CC)CO. The second-order valence-electron chi connectivity index (χ2n) is 5.43. The minimum Gasteiger partial charge on any atom is -0.394 e. The molecule has 1 saturated heterocycles. The van der Waals surface area contributed by atoms with Crippen LogP contribution in [0.2, 0.25) is 0 Å². The van der Waals surface area contributed by atoms with Gasteiger partial charge in [-0.2, -0.15) is 0 Å². The van der Waals surface area contributed by atoms with Crippen LogP contribution in [-0.4, -0.2) is 65.1 Å². The molecule has 120 valence electrons. The van der Waals surface area contributed by atoms with Crippen LogP contribution in [0.25, 0.3) is 0 Å². The fraction of sp³-hybridized carbons (Fsp3) is 0.600. The molecule has 1 N–H and O–H groups in total. The molecule has 3 amide bonds. The van der Waals surface area contributed by atoms with Gasteiger partial charge in [-0.05, 0) is 18.4 Å². The Kier molecular flexibility index (Phi) is 4.75. The number of rotatable bonds is 4. The molecule has 0 aliphatic carbocycles. The van der Waals surface area contributed by atoms with Crippen molar-refractivity contribution in [3.05, 3.63) is 11.8 Å². The van der Waals surface area contributed by atoms with E-state index in [4.69, 9.17) is 0 Å². The maximum atomic E-state index is 12.6. The van der Waals surface area contributed by atoms with Crippen LogP contribution in [0, 0.1) is 5.92 Å². The van der Waals surface area contributed by atoms with E-state index >= 15 is 0 Å². The number of hydrogen-bond acceptors (Lipinski definition) is 5. The first kappa shape index (κ1) is 16.4. The molecule has 2 rings (SSSR count). The number of nitrogens with zero attached hydrogens (tertiary/aromatic N) is 4. The Hall–Kier alpha value is -2.02. The lowest BCUT2D eigenvalue weighted by Crippen LogP contribution is -2.59. The lowest BCUT2D eigenvalue weighted by molar-refractivity contribution is -0.128. The zero-order valence-electron chi connectivity index (χ0n) is 13.4. The predicted molar refractivity (Wildman–Crippen MR) is 83.8 cm³/mol. The van der Waals surface area contributed by atoms with Gasteiger partial charge >= 0.3 is 6.03 Å². The van der Waals surface area contributed by atoms with Crippen LogP contribution in [-0.2, 0) is 4.79 Å². The third-order valence-corrected chi connectivity index (χ3v) is 4.09. The lowest BCUT2D eigenvalue weighted by Gasteiger charge is -2.38. The molecule has 2 aliphatic heterocycles. The largest absolute Gasteiger partial charge is 0.394 e. The summed E-state index contributed by atoms with van der Waals surface area (Å²) in [6, 6.07) is -0.660. The second-order valence-corrected chi connectivity index (χ2v) is 5.43. The molecular weight excluding hydrogens is 284 g/mol. The van der Waals surface area contributed by atoms with Crippen LogP contribution < -0.4 is 0 Å². The molecule has 0 spiro atoms. The van der Waals surface area contributed by atoms with Crippen LogP contribution in [0.3, 0.4) is 0 Å². The summed E-state index contributed by atoms with van der Waals surface area (Å²) in [5.74, 6) is -0.600. The Morgan fingerprint density at radius 2 is 2.00 bits per heavy atom. The number of urea groups is 1. The van der Waals surface area contributed by atoms with Crippen molar-refractivity contribution in [1.82, 2.24) is 9.80 Å². The molecule has 2 unspecified atom stereocenters. The maximum absolute atomic E-state index is 12.6. The first-order chi connectivity index (χ1) is 10.5. The minimum absolute atomic E-state index is 0.0744. The van der Waals surface area contributed by atoms with Crippen molar-refractivity contribution in [2.75, 3.05) is 20.7 Å². The highest BCUT2D eigenvalue weighted by atomic mass is 16.3. The molecule has 0 aromatic rings. The third kappa shape index (κ3) is 2.56. The van der Waals surface area contributed by atoms with Gasteiger partial charge in [0.15, 0.2) is 0 Å². The van der Waals surface area contributed by atoms with Gasteiger partial charge in [0.25, 0.3) is 0 Å². The summed E-state index contributed by atoms with van der Waals surface area (Å²) in [7, 11) is 3.06. The highest BCUT2D eigenvalue weighted by Gasteiger charge is 2.45. The van der Waals surface area contributed by atoms with Gasteiger partial charge in [0.1, 0.15) is 11.8 Å². The molecule has 2 heterocycles. The topological polar surface area (TPSA) is 85.6 Å². The molecule has 0 aromatic carbocycles. The fourth-order valence-electron chi connectivity index (χ4n) is 2.60. The summed E-state index contributed by atoms with van der Waals surface area (Å²) < 4.78 is 0. The van der Waals surface area contributed by atoms with Crippen LogP contribution in [0.5, 0.6) is 0 Å². The van der Waals surface area contributed by atoms with Crippen molar-refractivity contribution in [3.63, 3.8) is 0 Å². The van der Waals surface area contributed by atoms with Crippen molar-refractivity contribution in [1.29, 1.82) is 0 Å². The Morgan fingerprint density at radius 1 is 1.32 bits per heavy atom. The molecule has 0 bridgehead atoms. The summed E-state index contributed by atoms with van der Waals surface area (Å²) in [5.41, 5.74) is 1.48. The van der Waals surface area contributed by atoms with Gasteiger partial charge in [-0.15, -0.1) is 0 Å². The fourth-order valence-corrected chi connectivity index (χ4v) is 2.60. The molecule has 0 aromatic heterocycles. The molecule has 0 radical (unpaired) electrons. The number of allylic oxidation sites excluding steroid dienone is 1. The highest BCUT2D eigenvalue weighted by Crippen LogP contribution is 2.27. The lowest BCUT2D eigenvalue weighted by atomic mass is 9.89. The summed E-state index contributed by atoms with van der Waals surface area (Å²) in [6.45, 7) is 3.82. The van der Waals surface area contributed by atoms with Crippen LogP contribution in [0.15, 0.2) is 21.8 Å². The number of amidine groups is 1. The molecule has 22 heavy (non-hydrogen) atoms. The Morgan fingerprint density at radius 3 is 2.55 bits per heavy atom. The molecule has 1 fully saturated rings. The number of carbonyl (C=O) groups excluding carboxylic acids is 2. The summed E-state index contributed by atoms with van der Waals surface area (Å²) >= 11 is 0. The van der Waals surface area contributed by atoms with Gasteiger partial charge in [0.05, 0.1) is 18.4 Å². The number of imide groups is 1. The second kappa shape index (κ2) is 6.39. The van der Waals surface area contributed by atoms with Gasteiger partial charge in [-0.25, -0.2) is 9.79 Å². The molecular formula is C15H22N4O3. The van der Waals surface area contributed by atoms with E-state index in [0.29, 0.717) is 24.4 Å². The third-order valence-electron chi connectivity index (χ3n) is 4.09. The number of amides is 3. The van der Waals surface area contributed by atoms with Gasteiger partial charge in [0, 0.05) is 20.3 Å². The summed E-state index contributed by atoms with van der Waals surface area (Å²) in [5, 5.41) is 9.41. The van der Waals surface area contributed by atoms with Crippen molar-refractivity contribution in [2.45, 2.75) is 32.7 Å². The van der Waals surface area contributed by atoms with E-state index < -0.39 is 11.9 Å². The molecule has 0 saturated carbocycles. The van der Waals surface area contributed by atoms with Gasteiger partial charge in [-0.3, -0.25) is 19.6 Å². The van der Waals surface area contributed by atoms with E-state index in [1.165, 1.54) is 11.9 Å². The van der Waals surface area contributed by atoms with Gasteiger partial charge < -0.3 is 5.11 Å². The standard InChI is InChI=1S/C15H22N4O3/c1-5-9-7-16-13-11(12(9)17-10(6-2)8-20)14(21)19(4)15(22)18(13)3/h7,10-11,20H,5-6,8H2,1-4H3. The van der Waals surface area contributed by atoms with Crippen LogP contribution >= 0.6 is 0 Å². The maximum Gasteiger partial charge on any atom is 0.331 e. The Balaban J connectivity index is 2.53. The monoisotopic (exact) mass is 306 g/mol. The van der Waals surface area contributed by atoms with Crippen LogP contribution in [0.1, 0.15) is 26.7 Å². The van der Waals surface area contributed by atoms with Gasteiger partial charge in [-0.1, -0.05) is 13.8 Å². The average Bonchev–Trinajstić information content (AvgIpc) is 2.54. The van der Waals surface area contributed by atoms with E-state index in [9.17, 15) is 14.7 Å². The van der Waals surface area contributed by atoms with E-state index in [0.717, 1.165) is 10.5 Å². The number of aliphatic hydroxyl groups is 1. The van der Waals surface area contributed by atoms with E-state index in [1.54, 1.807) is 13.2 Å². The van der Waals surface area contributed by atoms with Crippen molar-refractivity contribution in [2.24, 2.45) is 15.9 Å². The Labute approximate surface area is 130 Å². The smallest absolute Gasteiger partial charge is 0.331 e. The first-order valence-electron chi connectivity index (χ1n) is 7.47. The zero-order valence-corrected chi connectivity index (χ0v) is 13.4. The number of hydrogen-bond donors (Lipinski definition) is 1. The van der Waals surface area contributed by atoms with Gasteiger partial charge in [0.2, 0.25) is 5.91 Å². The van der Waals surface area contributed by atoms with E-state index in [1.807, 2.05) is 13.8 Å². The molecule has 7 nitrogen and oxygen atoms in total. The van der Waals surface area contributed by atoms with E-state index in [-0.39, 0.29) is 18.6 Å².